The first-order chi connectivity index (χ1) is 17.1. The van der Waals surface area contributed by atoms with Gasteiger partial charge in [-0.25, -0.2) is 0 Å². The topological polar surface area (TPSA) is 102 Å². The number of thioether (sulfide) groups is 1. The van der Waals surface area contributed by atoms with Crippen LogP contribution in [-0.4, -0.2) is 52.0 Å². The number of nitrogens with zero attached hydrogens (tertiary/aromatic N) is 4. The normalized spacial score (nSPS) is 14.8. The van der Waals surface area contributed by atoms with E-state index in [1.165, 1.54) is 11.8 Å². The third-order valence-electron chi connectivity index (χ3n) is 5.58. The number of para-hydroxylation sites is 2. The molecule has 0 fully saturated rings. The fraction of sp³-hybridized carbons (Fsp3) is 0.200. The summed E-state index contributed by atoms with van der Waals surface area (Å²) < 4.78 is 13.3. The summed E-state index contributed by atoms with van der Waals surface area (Å²) in [5.41, 5.74) is 1.71. The smallest absolute Gasteiger partial charge is 0.262 e. The van der Waals surface area contributed by atoms with Gasteiger partial charge < -0.3 is 19.4 Å². The number of ether oxygens (including phenoxy) is 1. The molecule has 3 heterocycles. The van der Waals surface area contributed by atoms with Gasteiger partial charge in [0.25, 0.3) is 5.91 Å². The molecule has 0 radical (unpaired) electrons. The van der Waals surface area contributed by atoms with Gasteiger partial charge >= 0.3 is 0 Å². The number of carbonyl (C=O) groups excluding carboxylic acids is 2. The van der Waals surface area contributed by atoms with E-state index in [1.807, 2.05) is 59.2 Å². The van der Waals surface area contributed by atoms with Crippen LogP contribution in [0.5, 0.6) is 5.75 Å². The highest BCUT2D eigenvalue weighted by Gasteiger charge is 2.33. The van der Waals surface area contributed by atoms with Crippen molar-refractivity contribution >= 4 is 29.3 Å². The molecule has 4 aromatic rings. The summed E-state index contributed by atoms with van der Waals surface area (Å²) in [7, 11) is 1.55. The quantitative estimate of drug-likeness (QED) is 0.398. The van der Waals surface area contributed by atoms with Crippen LogP contribution in [-0.2, 0) is 16.1 Å². The van der Waals surface area contributed by atoms with E-state index in [0.29, 0.717) is 34.7 Å². The zero-order chi connectivity index (χ0) is 24.2. The van der Waals surface area contributed by atoms with Gasteiger partial charge in [-0.2, -0.15) is 0 Å². The number of carbonyl (C=O) groups is 2. The lowest BCUT2D eigenvalue weighted by Gasteiger charge is -2.34. The Hall–Kier alpha value is -4.05. The third-order valence-corrected chi connectivity index (χ3v) is 6.53. The predicted molar refractivity (Wildman–Crippen MR) is 131 cm³/mol. The van der Waals surface area contributed by atoms with Crippen molar-refractivity contribution in [3.8, 4) is 17.3 Å². The number of anilines is 1. The van der Waals surface area contributed by atoms with E-state index in [9.17, 15) is 9.59 Å². The van der Waals surface area contributed by atoms with Crippen LogP contribution in [0, 0.1) is 0 Å². The lowest BCUT2D eigenvalue weighted by Crippen LogP contribution is -2.50. The van der Waals surface area contributed by atoms with Gasteiger partial charge in [0.1, 0.15) is 5.75 Å². The van der Waals surface area contributed by atoms with E-state index in [1.54, 1.807) is 30.3 Å². The Morgan fingerprint density at radius 1 is 1.06 bits per heavy atom. The molecular weight excluding hydrogens is 466 g/mol. The van der Waals surface area contributed by atoms with Crippen molar-refractivity contribution in [3.05, 3.63) is 78.6 Å². The van der Waals surface area contributed by atoms with E-state index in [-0.39, 0.29) is 24.1 Å². The fourth-order valence-electron chi connectivity index (χ4n) is 3.86. The molecule has 178 valence electrons. The molecule has 1 aliphatic heterocycles. The Balaban J connectivity index is 1.38. The van der Waals surface area contributed by atoms with Crippen LogP contribution in [0.2, 0.25) is 0 Å². The average Bonchev–Trinajstić information content (AvgIpc) is 3.57. The molecule has 2 amide bonds. The van der Waals surface area contributed by atoms with Gasteiger partial charge in [-0.3, -0.25) is 14.2 Å². The zero-order valence-corrected chi connectivity index (χ0v) is 19.8. The first-order valence-corrected chi connectivity index (χ1v) is 12.0. The van der Waals surface area contributed by atoms with Crippen LogP contribution in [0.4, 0.5) is 5.69 Å². The number of fused-ring (bicyclic) bond motifs is 1. The molecule has 2 aromatic carbocycles. The van der Waals surface area contributed by atoms with Crippen molar-refractivity contribution < 1.29 is 18.7 Å². The molecule has 1 N–H and O–H groups in total. The minimum atomic E-state index is -0.781. The Bertz CT molecular complexity index is 1320. The maximum atomic E-state index is 13.3. The number of nitrogens with one attached hydrogen (secondary N) is 1. The number of aromatic nitrogens is 3. The van der Waals surface area contributed by atoms with Crippen molar-refractivity contribution in [1.29, 1.82) is 0 Å². The predicted octanol–water partition coefficient (Wildman–Crippen LogP) is 3.22. The summed E-state index contributed by atoms with van der Waals surface area (Å²) in [6, 6.07) is 20.8. The summed E-state index contributed by atoms with van der Waals surface area (Å²) in [4.78, 5) is 27.2. The summed E-state index contributed by atoms with van der Waals surface area (Å²) in [5, 5.41) is 11.9. The maximum Gasteiger partial charge on any atom is 0.262 e. The van der Waals surface area contributed by atoms with Crippen molar-refractivity contribution in [2.24, 2.45) is 0 Å². The molecule has 10 heteroatoms. The fourth-order valence-corrected chi connectivity index (χ4v) is 4.68. The second-order valence-corrected chi connectivity index (χ2v) is 8.78. The molecule has 1 atom stereocenters. The molecule has 5 rings (SSSR count). The molecule has 0 saturated carbocycles. The van der Waals surface area contributed by atoms with Gasteiger partial charge in [-0.15, -0.1) is 10.2 Å². The van der Waals surface area contributed by atoms with Gasteiger partial charge in [0, 0.05) is 7.05 Å². The van der Waals surface area contributed by atoms with E-state index < -0.39 is 6.10 Å². The van der Waals surface area contributed by atoms with E-state index in [0.717, 1.165) is 5.56 Å². The van der Waals surface area contributed by atoms with Crippen LogP contribution in [0.25, 0.3) is 11.6 Å². The number of hydrogen-bond donors (Lipinski definition) is 1. The minimum absolute atomic E-state index is 0.111. The molecule has 35 heavy (non-hydrogen) atoms. The van der Waals surface area contributed by atoms with E-state index in [2.05, 4.69) is 15.5 Å². The lowest BCUT2D eigenvalue weighted by atomic mass is 10.2. The summed E-state index contributed by atoms with van der Waals surface area (Å²) in [5.74, 6) is 1.36. The Morgan fingerprint density at radius 2 is 1.86 bits per heavy atom. The van der Waals surface area contributed by atoms with Crippen molar-refractivity contribution in [1.82, 2.24) is 20.1 Å². The molecule has 0 unspecified atom stereocenters. The number of likely N-dealkylation sites (N-methyl/N-ethyl adjacent to an activating group) is 1. The molecule has 2 aromatic heterocycles. The summed E-state index contributed by atoms with van der Waals surface area (Å²) >= 11 is 1.29. The number of hydrogen-bond acceptors (Lipinski definition) is 7. The molecule has 0 saturated heterocycles. The molecule has 0 aliphatic carbocycles. The zero-order valence-electron chi connectivity index (χ0n) is 19.0. The summed E-state index contributed by atoms with van der Waals surface area (Å²) in [6.07, 6.45) is 0.808. The number of rotatable bonds is 7. The molecule has 9 nitrogen and oxygen atoms in total. The standard InChI is InChI=1S/C25H23N5O4S/c1-26-24(32)21-15-29(18-10-5-6-11-19(18)34-21)22(31)16-35-25-28-27-23(20-12-7-13-33-20)30(25)14-17-8-3-2-4-9-17/h2-13,21H,14-16H2,1H3,(H,26,32)/t21-/m0/s1. The van der Waals surface area contributed by atoms with E-state index >= 15 is 0 Å². The second-order valence-electron chi connectivity index (χ2n) is 7.84. The molecule has 1 aliphatic rings. The van der Waals surface area contributed by atoms with Crippen molar-refractivity contribution in [2.75, 3.05) is 24.2 Å². The SMILES string of the molecule is CNC(=O)[C@@H]1CN(C(=O)CSc2nnc(-c3ccco3)n2Cc2ccccc2)c2ccccc2O1. The highest BCUT2D eigenvalue weighted by atomic mass is 32.2. The Labute approximate surface area is 206 Å². The van der Waals surface area contributed by atoms with Gasteiger partial charge in [0.2, 0.25) is 11.7 Å². The van der Waals surface area contributed by atoms with Crippen LogP contribution in [0.3, 0.4) is 0 Å². The van der Waals surface area contributed by atoms with Crippen molar-refractivity contribution in [3.63, 3.8) is 0 Å². The van der Waals surface area contributed by atoms with E-state index in [4.69, 9.17) is 9.15 Å². The Kier molecular flexibility index (Phi) is 6.53. The van der Waals surface area contributed by atoms with Gasteiger partial charge in [0.15, 0.2) is 17.0 Å². The molecule has 0 bridgehead atoms. The van der Waals surface area contributed by atoms with Crippen molar-refractivity contribution in [2.45, 2.75) is 17.8 Å². The molecule has 0 spiro atoms. The monoisotopic (exact) mass is 489 g/mol. The summed E-state index contributed by atoms with van der Waals surface area (Å²) in [6.45, 7) is 0.657. The van der Waals surface area contributed by atoms with Crippen LogP contribution in [0.15, 0.2) is 82.6 Å². The number of amides is 2. The molecular formula is C25H23N5O4S. The highest BCUT2D eigenvalue weighted by molar-refractivity contribution is 7.99. The van der Waals surface area contributed by atoms with Gasteiger partial charge in [-0.1, -0.05) is 54.2 Å². The third kappa shape index (κ3) is 4.78. The van der Waals surface area contributed by atoms with Gasteiger partial charge in [-0.05, 0) is 29.8 Å². The van der Waals surface area contributed by atoms with Crippen LogP contribution in [0.1, 0.15) is 5.56 Å². The lowest BCUT2D eigenvalue weighted by molar-refractivity contribution is -0.127. The largest absolute Gasteiger partial charge is 0.477 e. The number of furan rings is 1. The first-order valence-electron chi connectivity index (χ1n) is 11.1. The minimum Gasteiger partial charge on any atom is -0.477 e. The average molecular weight is 490 g/mol. The maximum absolute atomic E-state index is 13.3. The second kappa shape index (κ2) is 10.1. The number of benzene rings is 2. The highest BCUT2D eigenvalue weighted by Crippen LogP contribution is 2.34. The Morgan fingerprint density at radius 3 is 2.63 bits per heavy atom. The van der Waals surface area contributed by atoms with Crippen LogP contribution < -0.4 is 15.0 Å². The van der Waals surface area contributed by atoms with Crippen LogP contribution >= 0.6 is 11.8 Å². The first kappa shape index (κ1) is 22.7. The van der Waals surface area contributed by atoms with Gasteiger partial charge in [0.05, 0.1) is 30.8 Å².